The average molecular weight is 143 g/mol. The normalized spacial score (nSPS) is 10.9. The van der Waals surface area contributed by atoms with Crippen molar-refractivity contribution >= 4 is 11.8 Å². The Bertz CT molecular complexity index is 67.0. The first-order valence-corrected chi connectivity index (χ1v) is 4.59. The first kappa shape index (κ1) is 9.09. The number of hydrogen-bond donors (Lipinski definition) is 0. The van der Waals surface area contributed by atoms with E-state index in [1.807, 2.05) is 0 Å². The van der Waals surface area contributed by atoms with E-state index >= 15 is 0 Å². The molecule has 0 aromatic rings. The van der Waals surface area contributed by atoms with Crippen molar-refractivity contribution in [1.29, 1.82) is 0 Å². The van der Waals surface area contributed by atoms with Crippen molar-refractivity contribution in [3.63, 3.8) is 0 Å². The lowest BCUT2D eigenvalue weighted by molar-refractivity contribution is 0.958. The van der Waals surface area contributed by atoms with Crippen LogP contribution < -0.4 is 0 Å². The highest BCUT2D eigenvalue weighted by Crippen LogP contribution is 2.03. The molecule has 0 aromatic carbocycles. The molecule has 0 heterocycles. The summed E-state index contributed by atoms with van der Waals surface area (Å²) in [6, 6.07) is 0. The van der Waals surface area contributed by atoms with Gasteiger partial charge in [0.05, 0.1) is 0 Å². The predicted molar refractivity (Wildman–Crippen MR) is 45.5 cm³/mol. The molecule has 0 aromatic heterocycles. The predicted octanol–water partition coefficient (Wildman–Crippen LogP) is 3.25. The zero-order valence-electron chi connectivity index (χ0n) is 6.31. The molecular weight excluding hydrogens is 128 g/mol. The average Bonchev–Trinajstić information content (AvgIpc) is 1.89. The summed E-state index contributed by atoms with van der Waals surface area (Å²) in [5.41, 5.74) is 0. The van der Waals surface area contributed by atoms with Gasteiger partial charge in [0, 0.05) is 5.41 Å². The molecule has 0 amide bonds. The fourth-order valence-electron chi connectivity index (χ4n) is 0.423. The van der Waals surface area contributed by atoms with Gasteiger partial charge < -0.3 is 0 Å². The number of rotatable bonds is 5. The van der Waals surface area contributed by atoms with Crippen LogP contribution in [-0.4, -0.2) is 5.75 Å². The highest BCUT2D eigenvalue weighted by Gasteiger charge is 1.77. The molecule has 0 bridgehead atoms. The third kappa shape index (κ3) is 8.09. The monoisotopic (exact) mass is 143 g/mol. The number of hydrogen-bond acceptors (Lipinski definition) is 1. The van der Waals surface area contributed by atoms with Gasteiger partial charge in [0.2, 0.25) is 0 Å². The van der Waals surface area contributed by atoms with E-state index < -0.39 is 0 Å². The Morgan fingerprint density at radius 3 is 2.67 bits per heavy atom. The minimum Gasteiger partial charge on any atom is -0.125 e. The molecule has 1 radical (unpaired) electrons. The van der Waals surface area contributed by atoms with Gasteiger partial charge in [0.1, 0.15) is 0 Å². The smallest absolute Gasteiger partial charge is 0.0165 e. The van der Waals surface area contributed by atoms with Crippen LogP contribution in [0, 0.1) is 5.41 Å². The van der Waals surface area contributed by atoms with Gasteiger partial charge >= 0.3 is 0 Å². The molecule has 0 fully saturated rings. The second kappa shape index (κ2) is 8.09. The fourth-order valence-corrected chi connectivity index (χ4v) is 0.981. The largest absolute Gasteiger partial charge is 0.125 e. The van der Waals surface area contributed by atoms with Crippen LogP contribution in [0.4, 0.5) is 0 Å². The topological polar surface area (TPSA) is 0 Å². The summed E-state index contributed by atoms with van der Waals surface area (Å²) in [6.07, 6.45) is 5.79. The number of unbranched alkanes of at least 4 members (excludes halogenated alkanes) is 1. The third-order valence-corrected chi connectivity index (χ3v) is 1.85. The Labute approximate surface area is 62.7 Å². The maximum atomic E-state index is 3.18. The van der Waals surface area contributed by atoms with Crippen LogP contribution in [0.15, 0.2) is 6.08 Å². The van der Waals surface area contributed by atoms with Crippen LogP contribution in [-0.2, 0) is 0 Å². The van der Waals surface area contributed by atoms with E-state index in [1.54, 1.807) is 11.8 Å². The van der Waals surface area contributed by atoms with Crippen molar-refractivity contribution in [3.05, 3.63) is 11.5 Å². The molecule has 1 heteroatoms. The van der Waals surface area contributed by atoms with Gasteiger partial charge in [-0.25, -0.2) is 0 Å². The van der Waals surface area contributed by atoms with Crippen molar-refractivity contribution in [2.45, 2.75) is 33.1 Å². The van der Waals surface area contributed by atoms with Crippen molar-refractivity contribution in [2.75, 3.05) is 5.75 Å². The lowest BCUT2D eigenvalue weighted by Gasteiger charge is -1.86. The number of thioether (sulfide) groups is 1. The Morgan fingerprint density at radius 2 is 2.11 bits per heavy atom. The minimum absolute atomic E-state index is 1.18. The van der Waals surface area contributed by atoms with Gasteiger partial charge in [-0.2, -0.15) is 0 Å². The van der Waals surface area contributed by atoms with Crippen LogP contribution in [0.3, 0.4) is 0 Å². The highest BCUT2D eigenvalue weighted by molar-refractivity contribution is 8.00. The maximum Gasteiger partial charge on any atom is 0.0165 e. The van der Waals surface area contributed by atoms with E-state index in [-0.39, 0.29) is 0 Å². The quantitative estimate of drug-likeness (QED) is 0.532. The van der Waals surface area contributed by atoms with Gasteiger partial charge in [0.15, 0.2) is 0 Å². The molecule has 0 nitrogen and oxygen atoms in total. The summed E-state index contributed by atoms with van der Waals surface area (Å²) in [5, 5.41) is 3.18. The molecule has 53 valence electrons. The highest BCUT2D eigenvalue weighted by atomic mass is 32.2. The zero-order chi connectivity index (χ0) is 6.95. The fraction of sp³-hybridized carbons (Fsp3) is 0.750. The van der Waals surface area contributed by atoms with Crippen LogP contribution in [0.1, 0.15) is 33.1 Å². The Kier molecular flexibility index (Phi) is 8.17. The van der Waals surface area contributed by atoms with Crippen LogP contribution in [0.2, 0.25) is 0 Å². The first-order valence-electron chi connectivity index (χ1n) is 3.60. The van der Waals surface area contributed by atoms with Gasteiger partial charge in [-0.1, -0.05) is 26.3 Å². The van der Waals surface area contributed by atoms with Gasteiger partial charge in [-0.05, 0) is 18.6 Å². The summed E-state index contributed by atoms with van der Waals surface area (Å²) in [5.74, 6) is 1.21. The van der Waals surface area contributed by atoms with Crippen molar-refractivity contribution in [1.82, 2.24) is 0 Å². The molecule has 0 saturated carbocycles. The Balaban J connectivity index is 2.86. The summed E-state index contributed by atoms with van der Waals surface area (Å²) >= 11 is 1.79. The van der Waals surface area contributed by atoms with Crippen molar-refractivity contribution < 1.29 is 0 Å². The summed E-state index contributed by atoms with van der Waals surface area (Å²) in [4.78, 5) is 0. The molecule has 0 unspecified atom stereocenters. The van der Waals surface area contributed by atoms with Crippen LogP contribution in [0.5, 0.6) is 0 Å². The van der Waals surface area contributed by atoms with E-state index in [4.69, 9.17) is 0 Å². The first-order chi connectivity index (χ1) is 4.41. The lowest BCUT2D eigenvalue weighted by Crippen LogP contribution is -1.67. The number of allylic oxidation sites excluding steroid dienone is 1. The molecule has 0 atom stereocenters. The van der Waals surface area contributed by atoms with Crippen LogP contribution >= 0.6 is 11.8 Å². The summed E-state index contributed by atoms with van der Waals surface area (Å²) in [6.45, 7) is 4.37. The molecule has 0 saturated heterocycles. The lowest BCUT2D eigenvalue weighted by atomic mass is 10.3. The van der Waals surface area contributed by atoms with E-state index in [1.165, 1.54) is 25.0 Å². The Morgan fingerprint density at radius 1 is 1.33 bits per heavy atom. The van der Waals surface area contributed by atoms with Gasteiger partial charge in [-0.3, -0.25) is 0 Å². The van der Waals surface area contributed by atoms with E-state index in [9.17, 15) is 0 Å². The molecule has 0 aliphatic rings. The Hall–Kier alpha value is 0.0900. The molecule has 0 aliphatic carbocycles. The second-order valence-corrected chi connectivity index (χ2v) is 2.89. The molecule has 0 N–H and O–H groups in total. The molecule has 0 aliphatic heterocycles. The standard InChI is InChI=1S/C8H15S/c1-3-5-6-8-9-7-4-2/h6H,3-5,7H2,1-2H3. The maximum absolute atomic E-state index is 3.18. The summed E-state index contributed by atoms with van der Waals surface area (Å²) < 4.78 is 0. The van der Waals surface area contributed by atoms with Gasteiger partial charge in [-0.15, -0.1) is 11.8 Å². The SMILES string of the molecule is CCC/C=[C]\SCCC. The van der Waals surface area contributed by atoms with E-state index in [2.05, 4.69) is 25.3 Å². The molecule has 0 spiro atoms. The summed E-state index contributed by atoms with van der Waals surface area (Å²) in [7, 11) is 0. The van der Waals surface area contributed by atoms with Crippen LogP contribution in [0.25, 0.3) is 0 Å². The molecule has 9 heavy (non-hydrogen) atoms. The van der Waals surface area contributed by atoms with Crippen molar-refractivity contribution in [2.24, 2.45) is 0 Å². The minimum atomic E-state index is 1.18. The van der Waals surface area contributed by atoms with Crippen molar-refractivity contribution in [3.8, 4) is 0 Å². The third-order valence-electron chi connectivity index (χ3n) is 0.906. The zero-order valence-corrected chi connectivity index (χ0v) is 7.13. The van der Waals surface area contributed by atoms with E-state index in [0.717, 1.165) is 0 Å². The molecule has 0 rings (SSSR count). The molecular formula is C8H15S. The van der Waals surface area contributed by atoms with Gasteiger partial charge in [0.25, 0.3) is 0 Å². The van der Waals surface area contributed by atoms with E-state index in [0.29, 0.717) is 0 Å². The second-order valence-electron chi connectivity index (χ2n) is 1.96.